The first-order valence-corrected chi connectivity index (χ1v) is 4.35. The number of ketones is 1. The van der Waals surface area contributed by atoms with Gasteiger partial charge in [0.15, 0.2) is 5.78 Å². The van der Waals surface area contributed by atoms with Gasteiger partial charge in [0.2, 0.25) is 0 Å². The molecule has 1 N–H and O–H groups in total. The number of aryl methyl sites for hydroxylation is 1. The second-order valence-electron chi connectivity index (χ2n) is 3.37. The zero-order chi connectivity index (χ0) is 10.3. The number of aromatic hydroxyl groups is 1. The molecule has 0 bridgehead atoms. The summed E-state index contributed by atoms with van der Waals surface area (Å²) >= 11 is 0. The van der Waals surface area contributed by atoms with E-state index in [1.54, 1.807) is 18.2 Å². The monoisotopic (exact) mass is 186 g/mol. The molecular weight excluding hydrogens is 176 g/mol. The molecule has 14 heavy (non-hydrogen) atoms. The minimum absolute atomic E-state index is 0.0288. The topological polar surface area (TPSA) is 37.3 Å². The lowest BCUT2D eigenvalue weighted by molar-refractivity contribution is 0.104. The summed E-state index contributed by atoms with van der Waals surface area (Å²) in [4.78, 5) is 11.5. The first-order valence-electron chi connectivity index (χ1n) is 4.35. The molecule has 1 aromatic carbocycles. The van der Waals surface area contributed by atoms with Crippen LogP contribution in [0.15, 0.2) is 30.9 Å². The highest BCUT2D eigenvalue weighted by Gasteiger charge is 2.20. The van der Waals surface area contributed by atoms with Crippen LogP contribution >= 0.6 is 0 Å². The fourth-order valence-corrected chi connectivity index (χ4v) is 1.70. The second kappa shape index (κ2) is 2.84. The summed E-state index contributed by atoms with van der Waals surface area (Å²) in [7, 11) is 0. The minimum atomic E-state index is -0.159. The lowest BCUT2D eigenvalue weighted by atomic mass is 9.88. The number of hydrogen-bond donors (Lipinski definition) is 1. The third-order valence-electron chi connectivity index (χ3n) is 2.40. The zero-order valence-corrected chi connectivity index (χ0v) is 7.87. The molecule has 0 unspecified atom stereocenters. The van der Waals surface area contributed by atoms with Crippen LogP contribution < -0.4 is 0 Å². The Balaban J connectivity index is 2.83. The highest BCUT2D eigenvalue weighted by Crippen LogP contribution is 2.33. The smallest absolute Gasteiger partial charge is 0.190 e. The molecule has 0 atom stereocenters. The summed E-state index contributed by atoms with van der Waals surface area (Å²) in [6, 6.07) is 3.32. The molecule has 0 amide bonds. The van der Waals surface area contributed by atoms with Crippen LogP contribution in [0, 0.1) is 6.92 Å². The molecule has 0 radical (unpaired) electrons. The molecule has 0 heterocycles. The van der Waals surface area contributed by atoms with Crippen molar-refractivity contribution in [2.24, 2.45) is 0 Å². The molecule has 70 valence electrons. The van der Waals surface area contributed by atoms with Gasteiger partial charge in [-0.3, -0.25) is 4.79 Å². The fraction of sp³-hybridized carbons (Fsp3) is 0.0833. The van der Waals surface area contributed by atoms with Crippen molar-refractivity contribution >= 4 is 11.4 Å². The number of carbonyl (C=O) groups excluding carboxylic acids is 1. The van der Waals surface area contributed by atoms with E-state index in [-0.39, 0.29) is 11.5 Å². The maximum absolute atomic E-state index is 11.5. The second-order valence-corrected chi connectivity index (χ2v) is 3.37. The predicted molar refractivity (Wildman–Crippen MR) is 55.3 cm³/mol. The van der Waals surface area contributed by atoms with Crippen LogP contribution in [-0.2, 0) is 0 Å². The van der Waals surface area contributed by atoms with E-state index in [2.05, 4.69) is 6.58 Å². The molecule has 0 aliphatic heterocycles. The van der Waals surface area contributed by atoms with Crippen LogP contribution in [-0.4, -0.2) is 10.9 Å². The summed E-state index contributed by atoms with van der Waals surface area (Å²) in [6.07, 6.45) is 3.11. The predicted octanol–water partition coefficient (Wildman–Crippen LogP) is 2.47. The van der Waals surface area contributed by atoms with Crippen LogP contribution in [0.1, 0.15) is 21.5 Å². The van der Waals surface area contributed by atoms with Gasteiger partial charge >= 0.3 is 0 Å². The number of allylic oxidation sites excluding steroid dienone is 3. The van der Waals surface area contributed by atoms with Crippen LogP contribution in [0.4, 0.5) is 0 Å². The normalized spacial score (nSPS) is 14.4. The lowest BCUT2D eigenvalue weighted by Gasteiger charge is -2.15. The van der Waals surface area contributed by atoms with Crippen molar-refractivity contribution < 1.29 is 9.90 Å². The molecule has 2 nitrogen and oxygen atoms in total. The number of phenols is 1. The van der Waals surface area contributed by atoms with E-state index < -0.39 is 0 Å². The van der Waals surface area contributed by atoms with Crippen molar-refractivity contribution in [2.75, 3.05) is 0 Å². The summed E-state index contributed by atoms with van der Waals surface area (Å²) < 4.78 is 0. The average Bonchev–Trinajstić information content (AvgIpc) is 2.16. The Morgan fingerprint density at radius 2 is 1.93 bits per heavy atom. The SMILES string of the molecule is C=C1C=CC(=O)c2c(O)ccc(C)c21. The summed E-state index contributed by atoms with van der Waals surface area (Å²) in [5, 5.41) is 9.57. The van der Waals surface area contributed by atoms with Gasteiger partial charge in [-0.05, 0) is 35.8 Å². The Morgan fingerprint density at radius 1 is 1.21 bits per heavy atom. The van der Waals surface area contributed by atoms with Crippen molar-refractivity contribution in [3.8, 4) is 5.75 Å². The number of fused-ring (bicyclic) bond motifs is 1. The summed E-state index contributed by atoms with van der Waals surface area (Å²) in [6.45, 7) is 5.74. The summed E-state index contributed by atoms with van der Waals surface area (Å²) in [5.74, 6) is -0.130. The van der Waals surface area contributed by atoms with Gasteiger partial charge in [-0.15, -0.1) is 0 Å². The van der Waals surface area contributed by atoms with Crippen LogP contribution in [0.3, 0.4) is 0 Å². The van der Waals surface area contributed by atoms with E-state index >= 15 is 0 Å². The number of phenolic OH excluding ortho intramolecular Hbond substituents is 1. The third kappa shape index (κ3) is 1.08. The van der Waals surface area contributed by atoms with E-state index in [0.29, 0.717) is 5.56 Å². The molecule has 1 aliphatic carbocycles. The minimum Gasteiger partial charge on any atom is -0.507 e. The Kier molecular flexibility index (Phi) is 1.78. The number of rotatable bonds is 0. The zero-order valence-electron chi connectivity index (χ0n) is 7.87. The molecule has 2 rings (SSSR count). The molecule has 2 heteroatoms. The van der Waals surface area contributed by atoms with Crippen LogP contribution in [0.25, 0.3) is 5.57 Å². The van der Waals surface area contributed by atoms with E-state index in [0.717, 1.165) is 16.7 Å². The molecule has 1 aliphatic rings. The Bertz CT molecular complexity index is 424. The quantitative estimate of drug-likeness (QED) is 0.675. The van der Waals surface area contributed by atoms with Crippen molar-refractivity contribution in [1.82, 2.24) is 0 Å². The number of carbonyl (C=O) groups is 1. The molecule has 0 fully saturated rings. The Hall–Kier alpha value is -1.83. The Labute approximate surface area is 82.2 Å². The van der Waals surface area contributed by atoms with Gasteiger partial charge in [0.25, 0.3) is 0 Å². The van der Waals surface area contributed by atoms with E-state index in [4.69, 9.17) is 0 Å². The van der Waals surface area contributed by atoms with Crippen molar-refractivity contribution in [2.45, 2.75) is 6.92 Å². The van der Waals surface area contributed by atoms with Crippen molar-refractivity contribution in [3.05, 3.63) is 47.6 Å². The highest BCUT2D eigenvalue weighted by molar-refractivity contribution is 6.14. The van der Waals surface area contributed by atoms with Gasteiger partial charge < -0.3 is 5.11 Å². The van der Waals surface area contributed by atoms with Gasteiger partial charge in [0.05, 0.1) is 5.56 Å². The molecule has 0 aromatic heterocycles. The van der Waals surface area contributed by atoms with Crippen LogP contribution in [0.2, 0.25) is 0 Å². The molecule has 0 saturated carbocycles. The first kappa shape index (κ1) is 8.75. The van der Waals surface area contributed by atoms with Gasteiger partial charge in [0.1, 0.15) is 5.75 Å². The van der Waals surface area contributed by atoms with Gasteiger partial charge in [0, 0.05) is 0 Å². The third-order valence-corrected chi connectivity index (χ3v) is 2.40. The molecular formula is C12H10O2. The average molecular weight is 186 g/mol. The molecule has 0 spiro atoms. The highest BCUT2D eigenvalue weighted by atomic mass is 16.3. The first-order chi connectivity index (χ1) is 6.61. The van der Waals surface area contributed by atoms with E-state index in [1.807, 2.05) is 6.92 Å². The molecule has 1 aromatic rings. The van der Waals surface area contributed by atoms with Crippen molar-refractivity contribution in [3.63, 3.8) is 0 Å². The maximum Gasteiger partial charge on any atom is 0.190 e. The maximum atomic E-state index is 11.5. The molecule has 0 saturated heterocycles. The van der Waals surface area contributed by atoms with Gasteiger partial charge in [-0.2, -0.15) is 0 Å². The standard InChI is InChI=1S/C12H10O2/c1-7-3-5-9(13)12-10(14)6-4-8(2)11(7)12/h3-6,14H,1H2,2H3. The fourth-order valence-electron chi connectivity index (χ4n) is 1.70. The van der Waals surface area contributed by atoms with E-state index in [9.17, 15) is 9.90 Å². The van der Waals surface area contributed by atoms with Crippen LogP contribution in [0.5, 0.6) is 5.75 Å². The number of hydrogen-bond acceptors (Lipinski definition) is 2. The number of benzene rings is 1. The van der Waals surface area contributed by atoms with Crippen molar-refractivity contribution in [1.29, 1.82) is 0 Å². The van der Waals surface area contributed by atoms with E-state index in [1.165, 1.54) is 6.08 Å². The largest absolute Gasteiger partial charge is 0.507 e. The van der Waals surface area contributed by atoms with Gasteiger partial charge in [-0.1, -0.05) is 18.7 Å². The summed E-state index contributed by atoms with van der Waals surface area (Å²) in [5.41, 5.74) is 2.86. The Morgan fingerprint density at radius 3 is 2.57 bits per heavy atom. The van der Waals surface area contributed by atoms with Gasteiger partial charge in [-0.25, -0.2) is 0 Å². The lowest BCUT2D eigenvalue weighted by Crippen LogP contribution is -2.06.